The van der Waals surface area contributed by atoms with Crippen LogP contribution in [-0.2, 0) is 45.0 Å². The molecule has 2 aromatic rings. The Bertz CT molecular complexity index is 1090. The molecule has 1 atom stereocenters. The quantitative estimate of drug-likeness (QED) is 0.134. The van der Waals surface area contributed by atoms with Gasteiger partial charge in [-0.2, -0.15) is 0 Å². The molecule has 0 saturated heterocycles. The second-order valence-corrected chi connectivity index (χ2v) is 9.73. The van der Waals surface area contributed by atoms with E-state index in [1.807, 2.05) is 13.8 Å². The van der Waals surface area contributed by atoms with E-state index in [0.29, 0.717) is 57.0 Å². The molecule has 39 heavy (non-hydrogen) atoms. The number of hydrogen-bond acceptors (Lipinski definition) is 8. The molecule has 2 rings (SSSR count). The summed E-state index contributed by atoms with van der Waals surface area (Å²) in [5, 5.41) is 3.04. The van der Waals surface area contributed by atoms with Gasteiger partial charge in [-0.1, -0.05) is 38.5 Å². The molecule has 1 unspecified atom stereocenters. The number of nitrogens with zero attached hydrogens (tertiary/aromatic N) is 4. The first-order chi connectivity index (χ1) is 18.9. The molecule has 2 heterocycles. The molecule has 0 fully saturated rings. The molecule has 0 bridgehead atoms. The van der Waals surface area contributed by atoms with Crippen molar-refractivity contribution in [2.24, 2.45) is 14.1 Å². The van der Waals surface area contributed by atoms with Gasteiger partial charge in [-0.3, -0.25) is 18.7 Å². The summed E-state index contributed by atoms with van der Waals surface area (Å²) >= 11 is 0. The number of hydrogen-bond donors (Lipinski definition) is 1. The highest BCUT2D eigenvalue weighted by Crippen LogP contribution is 2.11. The highest BCUT2D eigenvalue weighted by Gasteiger charge is 2.15. The van der Waals surface area contributed by atoms with Crippen LogP contribution >= 0.6 is 0 Å². The molecule has 222 valence electrons. The summed E-state index contributed by atoms with van der Waals surface area (Å²) in [6.45, 7) is 5.85. The Labute approximate surface area is 230 Å². The lowest BCUT2D eigenvalue weighted by Crippen LogP contribution is -2.39. The molecule has 0 aliphatic rings. The van der Waals surface area contributed by atoms with E-state index in [4.69, 9.17) is 19.6 Å². The highest BCUT2D eigenvalue weighted by molar-refractivity contribution is 5.76. The van der Waals surface area contributed by atoms with Crippen molar-refractivity contribution >= 4 is 17.1 Å². The molecule has 1 amide bonds. The fraction of sp³-hybridized carbons (Fsp3) is 0.778. The van der Waals surface area contributed by atoms with Gasteiger partial charge in [-0.15, -0.1) is 0 Å². The van der Waals surface area contributed by atoms with Gasteiger partial charge in [-0.05, 0) is 39.5 Å². The van der Waals surface area contributed by atoms with Crippen molar-refractivity contribution in [1.82, 2.24) is 24.0 Å². The lowest BCUT2D eigenvalue weighted by Gasteiger charge is -2.18. The van der Waals surface area contributed by atoms with E-state index in [-0.39, 0.29) is 23.2 Å². The van der Waals surface area contributed by atoms with Crippen molar-refractivity contribution in [3.8, 4) is 0 Å². The number of nitrogens with one attached hydrogen (secondary N) is 1. The summed E-state index contributed by atoms with van der Waals surface area (Å²) in [5.74, 6) is 0.0246. The minimum Gasteiger partial charge on any atom is -0.351 e. The summed E-state index contributed by atoms with van der Waals surface area (Å²) in [5.41, 5.74) is 0.271. The van der Waals surface area contributed by atoms with Crippen molar-refractivity contribution < 1.29 is 24.3 Å². The Kier molecular flexibility index (Phi) is 15.7. The highest BCUT2D eigenvalue weighted by atomic mass is 17.2. The summed E-state index contributed by atoms with van der Waals surface area (Å²) in [6.07, 6.45) is 11.4. The number of imidazole rings is 1. The van der Waals surface area contributed by atoms with Crippen molar-refractivity contribution in [1.29, 1.82) is 0 Å². The standard InChI is InChI=1S/C27H47N5O7/c1-5-36-38-19-15-16-22(20-39-37-6-2)29-23(33)17-13-11-9-7-8-10-12-14-18-32-26(34)24-25(28-21-30(24)3)31(4)27(32)35/h21-22H,5-20H2,1-4H3,(H,29,33). The van der Waals surface area contributed by atoms with Crippen LogP contribution in [0.4, 0.5) is 0 Å². The predicted octanol–water partition coefficient (Wildman–Crippen LogP) is 3.15. The van der Waals surface area contributed by atoms with Gasteiger partial charge >= 0.3 is 5.69 Å². The number of unbranched alkanes of at least 4 members (excludes halogenated alkanes) is 7. The van der Waals surface area contributed by atoms with E-state index in [1.165, 1.54) is 9.13 Å². The van der Waals surface area contributed by atoms with E-state index in [2.05, 4.69) is 10.3 Å². The Morgan fingerprint density at radius 2 is 1.54 bits per heavy atom. The smallest absolute Gasteiger partial charge is 0.332 e. The second kappa shape index (κ2) is 18.7. The number of aryl methyl sites for hydroxylation is 2. The Balaban J connectivity index is 1.57. The van der Waals surface area contributed by atoms with Gasteiger partial charge < -0.3 is 9.88 Å². The zero-order valence-corrected chi connectivity index (χ0v) is 24.1. The summed E-state index contributed by atoms with van der Waals surface area (Å²) in [6, 6.07) is -0.128. The maximum atomic E-state index is 12.7. The molecule has 0 aromatic carbocycles. The van der Waals surface area contributed by atoms with Gasteiger partial charge in [0.15, 0.2) is 11.2 Å². The first-order valence-electron chi connectivity index (χ1n) is 14.3. The minimum atomic E-state index is -0.320. The number of rotatable bonds is 22. The molecule has 2 aromatic heterocycles. The van der Waals surface area contributed by atoms with Crippen LogP contribution in [0, 0.1) is 0 Å². The summed E-state index contributed by atoms with van der Waals surface area (Å²) in [4.78, 5) is 61.9. The summed E-state index contributed by atoms with van der Waals surface area (Å²) in [7, 11) is 3.41. The number of fused-ring (bicyclic) bond motifs is 1. The second-order valence-electron chi connectivity index (χ2n) is 9.73. The predicted molar refractivity (Wildman–Crippen MR) is 148 cm³/mol. The molecule has 12 heteroatoms. The minimum absolute atomic E-state index is 0.0246. The Hall–Kier alpha value is -2.54. The Morgan fingerprint density at radius 3 is 2.23 bits per heavy atom. The number of carbonyl (C=O) groups is 1. The maximum absolute atomic E-state index is 12.7. The van der Waals surface area contributed by atoms with Crippen LogP contribution in [0.15, 0.2) is 15.9 Å². The zero-order chi connectivity index (χ0) is 28.5. The molecular weight excluding hydrogens is 506 g/mol. The third-order valence-electron chi connectivity index (χ3n) is 6.55. The third-order valence-corrected chi connectivity index (χ3v) is 6.55. The average Bonchev–Trinajstić information content (AvgIpc) is 3.31. The van der Waals surface area contributed by atoms with E-state index in [1.54, 1.807) is 25.0 Å². The SMILES string of the molecule is CCOOCCCC(COOCC)NC(=O)CCCCCCCCCCn1c(=O)c2c(ncn2C)n(C)c1=O. The number of aromatic nitrogens is 4. The molecule has 0 aliphatic heterocycles. The fourth-order valence-corrected chi connectivity index (χ4v) is 4.45. The molecule has 1 N–H and O–H groups in total. The largest absolute Gasteiger partial charge is 0.351 e. The van der Waals surface area contributed by atoms with Crippen LogP contribution in [0.1, 0.15) is 84.5 Å². The van der Waals surface area contributed by atoms with Crippen LogP contribution < -0.4 is 16.6 Å². The third kappa shape index (κ3) is 11.2. The fourth-order valence-electron chi connectivity index (χ4n) is 4.45. The van der Waals surface area contributed by atoms with Crippen LogP contribution in [0.25, 0.3) is 11.2 Å². The molecule has 0 aliphatic carbocycles. The monoisotopic (exact) mass is 553 g/mol. The van der Waals surface area contributed by atoms with Gasteiger partial charge in [0.2, 0.25) is 5.91 Å². The van der Waals surface area contributed by atoms with Gasteiger partial charge in [-0.25, -0.2) is 29.3 Å². The van der Waals surface area contributed by atoms with Crippen LogP contribution in [-0.4, -0.2) is 57.1 Å². The average molecular weight is 554 g/mol. The van der Waals surface area contributed by atoms with Gasteiger partial charge in [0.25, 0.3) is 5.56 Å². The van der Waals surface area contributed by atoms with E-state index in [0.717, 1.165) is 57.8 Å². The number of amides is 1. The van der Waals surface area contributed by atoms with Crippen molar-refractivity contribution in [2.75, 3.05) is 26.4 Å². The summed E-state index contributed by atoms with van der Waals surface area (Å²) < 4.78 is 4.41. The topological polar surface area (TPSA) is 128 Å². The lowest BCUT2D eigenvalue weighted by molar-refractivity contribution is -0.297. The normalized spacial score (nSPS) is 12.3. The molecule has 0 spiro atoms. The van der Waals surface area contributed by atoms with Gasteiger partial charge in [0.1, 0.15) is 6.61 Å². The van der Waals surface area contributed by atoms with Crippen molar-refractivity contribution in [3.63, 3.8) is 0 Å². The van der Waals surface area contributed by atoms with Crippen LogP contribution in [0.2, 0.25) is 0 Å². The first-order valence-corrected chi connectivity index (χ1v) is 14.3. The molecule has 12 nitrogen and oxygen atoms in total. The van der Waals surface area contributed by atoms with Crippen LogP contribution in [0.3, 0.4) is 0 Å². The first kappa shape index (κ1) is 32.7. The molecule has 0 radical (unpaired) electrons. The lowest BCUT2D eigenvalue weighted by atomic mass is 10.1. The van der Waals surface area contributed by atoms with Gasteiger partial charge in [0, 0.05) is 27.1 Å². The van der Waals surface area contributed by atoms with Crippen LogP contribution in [0.5, 0.6) is 0 Å². The molecular formula is C27H47N5O7. The van der Waals surface area contributed by atoms with Gasteiger partial charge in [0.05, 0.1) is 32.2 Å². The van der Waals surface area contributed by atoms with Crippen molar-refractivity contribution in [3.05, 3.63) is 27.2 Å². The zero-order valence-electron chi connectivity index (χ0n) is 24.1. The number of carbonyl (C=O) groups excluding carboxylic acids is 1. The Morgan fingerprint density at radius 1 is 0.897 bits per heavy atom. The van der Waals surface area contributed by atoms with Crippen molar-refractivity contribution in [2.45, 2.75) is 97.1 Å². The van der Waals surface area contributed by atoms with E-state index in [9.17, 15) is 14.4 Å². The maximum Gasteiger partial charge on any atom is 0.332 e. The van der Waals surface area contributed by atoms with E-state index >= 15 is 0 Å². The molecule has 0 saturated carbocycles. The van der Waals surface area contributed by atoms with E-state index < -0.39 is 0 Å².